The summed E-state index contributed by atoms with van der Waals surface area (Å²) in [5, 5.41) is 3.34. The number of hydrogen-bond acceptors (Lipinski definition) is 2. The van der Waals surface area contributed by atoms with Crippen molar-refractivity contribution in [3.8, 4) is 0 Å². The molecule has 2 atom stereocenters. The summed E-state index contributed by atoms with van der Waals surface area (Å²) in [6.45, 7) is 6.81. The maximum absolute atomic E-state index is 12.9. The zero-order valence-electron chi connectivity index (χ0n) is 10.1. The lowest BCUT2D eigenvalue weighted by atomic mass is 9.91. The normalized spacial score (nSPS) is 28.0. The van der Waals surface area contributed by atoms with Gasteiger partial charge in [0.2, 0.25) is 5.95 Å². The molecule has 0 saturated heterocycles. The highest BCUT2D eigenvalue weighted by molar-refractivity contribution is 5.35. The Hall–Kier alpha value is -1.12. The zero-order chi connectivity index (χ0) is 11.8. The van der Waals surface area contributed by atoms with Crippen LogP contribution >= 0.6 is 0 Å². The topological polar surface area (TPSA) is 24.9 Å². The number of aromatic nitrogens is 1. The molecule has 2 rings (SSSR count). The van der Waals surface area contributed by atoms with Gasteiger partial charge in [-0.3, -0.25) is 0 Å². The third-order valence-corrected chi connectivity index (χ3v) is 3.38. The highest BCUT2D eigenvalue weighted by atomic mass is 19.1. The standard InChI is InChI=1S/C13H19FN2/c1-9-7-13(2,3)8-10(9)15-12-6-4-5-11(14)16-12/h4-6,9-10H,7-8H2,1-3H3,(H,15,16). The average Bonchev–Trinajstić information content (AvgIpc) is 2.39. The molecular weight excluding hydrogens is 203 g/mol. The molecule has 1 fully saturated rings. The van der Waals surface area contributed by atoms with Crippen LogP contribution < -0.4 is 5.32 Å². The smallest absolute Gasteiger partial charge is 0.214 e. The van der Waals surface area contributed by atoms with E-state index < -0.39 is 5.95 Å². The largest absolute Gasteiger partial charge is 0.367 e. The minimum atomic E-state index is -0.421. The lowest BCUT2D eigenvalue weighted by Gasteiger charge is -2.19. The van der Waals surface area contributed by atoms with Gasteiger partial charge in [-0.25, -0.2) is 4.98 Å². The van der Waals surface area contributed by atoms with E-state index in [4.69, 9.17) is 0 Å². The van der Waals surface area contributed by atoms with E-state index in [2.05, 4.69) is 31.1 Å². The van der Waals surface area contributed by atoms with Gasteiger partial charge in [0.1, 0.15) is 5.82 Å². The SMILES string of the molecule is CC1CC(C)(C)CC1Nc1cccc(F)n1. The summed E-state index contributed by atoms with van der Waals surface area (Å²) in [4.78, 5) is 3.84. The molecule has 1 aromatic rings. The third-order valence-electron chi connectivity index (χ3n) is 3.38. The molecule has 88 valence electrons. The van der Waals surface area contributed by atoms with Crippen molar-refractivity contribution in [2.24, 2.45) is 11.3 Å². The van der Waals surface area contributed by atoms with Gasteiger partial charge in [-0.15, -0.1) is 0 Å². The summed E-state index contributed by atoms with van der Waals surface area (Å²) < 4.78 is 12.9. The minimum Gasteiger partial charge on any atom is -0.367 e. The number of pyridine rings is 1. The molecule has 0 amide bonds. The van der Waals surface area contributed by atoms with Gasteiger partial charge in [0, 0.05) is 6.04 Å². The maximum atomic E-state index is 12.9. The Kier molecular flexibility index (Phi) is 2.87. The van der Waals surface area contributed by atoms with Crippen molar-refractivity contribution in [3.63, 3.8) is 0 Å². The van der Waals surface area contributed by atoms with Gasteiger partial charge in [-0.1, -0.05) is 26.8 Å². The van der Waals surface area contributed by atoms with E-state index in [0.717, 1.165) is 6.42 Å². The van der Waals surface area contributed by atoms with Gasteiger partial charge in [-0.2, -0.15) is 4.39 Å². The Morgan fingerprint density at radius 2 is 2.12 bits per heavy atom. The molecule has 1 aliphatic carbocycles. The number of nitrogens with one attached hydrogen (secondary N) is 1. The van der Waals surface area contributed by atoms with Crippen LogP contribution in [0.4, 0.5) is 10.2 Å². The molecule has 16 heavy (non-hydrogen) atoms. The number of anilines is 1. The highest BCUT2D eigenvalue weighted by Gasteiger charge is 2.36. The predicted octanol–water partition coefficient (Wildman–Crippen LogP) is 3.46. The first-order chi connectivity index (χ1) is 7.46. The molecule has 1 aliphatic rings. The van der Waals surface area contributed by atoms with Crippen molar-refractivity contribution in [2.45, 2.75) is 39.7 Å². The Morgan fingerprint density at radius 1 is 1.38 bits per heavy atom. The molecule has 1 N–H and O–H groups in total. The van der Waals surface area contributed by atoms with Gasteiger partial charge in [0.25, 0.3) is 0 Å². The van der Waals surface area contributed by atoms with Crippen LogP contribution in [0.5, 0.6) is 0 Å². The summed E-state index contributed by atoms with van der Waals surface area (Å²) in [7, 11) is 0. The monoisotopic (exact) mass is 222 g/mol. The Labute approximate surface area is 96.3 Å². The van der Waals surface area contributed by atoms with E-state index in [1.807, 2.05) is 6.07 Å². The fourth-order valence-electron chi connectivity index (χ4n) is 2.77. The molecule has 1 aromatic heterocycles. The van der Waals surface area contributed by atoms with E-state index in [0.29, 0.717) is 23.2 Å². The van der Waals surface area contributed by atoms with Crippen molar-refractivity contribution in [1.29, 1.82) is 0 Å². The molecule has 0 aliphatic heterocycles. The van der Waals surface area contributed by atoms with Gasteiger partial charge in [-0.05, 0) is 36.3 Å². The third kappa shape index (κ3) is 2.52. The van der Waals surface area contributed by atoms with Crippen LogP contribution in [0.2, 0.25) is 0 Å². The zero-order valence-corrected chi connectivity index (χ0v) is 10.1. The first kappa shape index (κ1) is 11.4. The first-order valence-electron chi connectivity index (χ1n) is 5.85. The summed E-state index contributed by atoms with van der Waals surface area (Å²) in [5.41, 5.74) is 0.379. The summed E-state index contributed by atoms with van der Waals surface area (Å²) >= 11 is 0. The second-order valence-corrected chi connectivity index (χ2v) is 5.65. The van der Waals surface area contributed by atoms with Crippen LogP contribution in [0, 0.1) is 17.3 Å². The van der Waals surface area contributed by atoms with E-state index in [9.17, 15) is 4.39 Å². The Morgan fingerprint density at radius 3 is 2.69 bits per heavy atom. The molecule has 0 aromatic carbocycles. The quantitative estimate of drug-likeness (QED) is 0.775. The second kappa shape index (κ2) is 4.04. The van der Waals surface area contributed by atoms with Gasteiger partial charge in [0.05, 0.1) is 0 Å². The lowest BCUT2D eigenvalue weighted by molar-refractivity contribution is 0.366. The van der Waals surface area contributed by atoms with Crippen LogP contribution in [0.15, 0.2) is 18.2 Å². The molecule has 1 saturated carbocycles. The predicted molar refractivity (Wildman–Crippen MR) is 63.8 cm³/mol. The van der Waals surface area contributed by atoms with Crippen molar-refractivity contribution < 1.29 is 4.39 Å². The van der Waals surface area contributed by atoms with E-state index in [1.54, 1.807) is 6.07 Å². The van der Waals surface area contributed by atoms with Crippen molar-refractivity contribution in [2.75, 3.05) is 5.32 Å². The summed E-state index contributed by atoms with van der Waals surface area (Å²) in [6, 6.07) is 5.29. The molecule has 0 spiro atoms. The van der Waals surface area contributed by atoms with Crippen LogP contribution in [0.1, 0.15) is 33.6 Å². The summed E-state index contributed by atoms with van der Waals surface area (Å²) in [5.74, 6) is 0.838. The minimum absolute atomic E-state index is 0.379. The molecule has 0 radical (unpaired) electrons. The maximum Gasteiger partial charge on any atom is 0.214 e. The molecule has 2 unspecified atom stereocenters. The van der Waals surface area contributed by atoms with E-state index in [1.165, 1.54) is 12.5 Å². The van der Waals surface area contributed by atoms with Gasteiger partial charge >= 0.3 is 0 Å². The Balaban J connectivity index is 2.06. The van der Waals surface area contributed by atoms with Crippen LogP contribution in [-0.4, -0.2) is 11.0 Å². The molecule has 1 heterocycles. The summed E-state index contributed by atoms with van der Waals surface area (Å²) in [6.07, 6.45) is 2.33. The fourth-order valence-corrected chi connectivity index (χ4v) is 2.77. The lowest BCUT2D eigenvalue weighted by Crippen LogP contribution is -2.23. The van der Waals surface area contributed by atoms with Crippen LogP contribution in [0.3, 0.4) is 0 Å². The number of nitrogens with zero attached hydrogens (tertiary/aromatic N) is 1. The van der Waals surface area contributed by atoms with Crippen molar-refractivity contribution >= 4 is 5.82 Å². The van der Waals surface area contributed by atoms with E-state index >= 15 is 0 Å². The molecule has 2 nitrogen and oxygen atoms in total. The van der Waals surface area contributed by atoms with Gasteiger partial charge < -0.3 is 5.32 Å². The second-order valence-electron chi connectivity index (χ2n) is 5.65. The molecular formula is C13H19FN2. The average molecular weight is 222 g/mol. The van der Waals surface area contributed by atoms with Crippen molar-refractivity contribution in [1.82, 2.24) is 4.98 Å². The number of rotatable bonds is 2. The molecule has 0 bridgehead atoms. The van der Waals surface area contributed by atoms with E-state index in [-0.39, 0.29) is 0 Å². The fraction of sp³-hybridized carbons (Fsp3) is 0.615. The van der Waals surface area contributed by atoms with Crippen LogP contribution in [-0.2, 0) is 0 Å². The molecule has 3 heteroatoms. The van der Waals surface area contributed by atoms with Gasteiger partial charge in [0.15, 0.2) is 0 Å². The highest BCUT2D eigenvalue weighted by Crippen LogP contribution is 2.41. The Bertz CT molecular complexity index is 376. The van der Waals surface area contributed by atoms with Crippen molar-refractivity contribution in [3.05, 3.63) is 24.1 Å². The first-order valence-corrected chi connectivity index (χ1v) is 5.85. The number of halogens is 1. The number of hydrogen-bond donors (Lipinski definition) is 1. The van der Waals surface area contributed by atoms with Crippen LogP contribution in [0.25, 0.3) is 0 Å².